The minimum Gasteiger partial charge on any atom is -0.334 e. The van der Waals surface area contributed by atoms with E-state index in [0.29, 0.717) is 6.42 Å². The Balaban J connectivity index is 2.82. The highest BCUT2D eigenvalue weighted by molar-refractivity contribution is 5.09. The maximum Gasteiger partial charge on any atom is 0.108 e. The molecule has 0 saturated heterocycles. The number of hydrogen-bond donors (Lipinski definition) is 0. The van der Waals surface area contributed by atoms with E-state index in [1.165, 1.54) is 0 Å². The van der Waals surface area contributed by atoms with Crippen molar-refractivity contribution in [3.05, 3.63) is 17.7 Å². The van der Waals surface area contributed by atoms with E-state index in [4.69, 9.17) is 5.26 Å². The molecule has 0 aliphatic carbocycles. The van der Waals surface area contributed by atoms with Crippen LogP contribution >= 0.6 is 0 Å². The first kappa shape index (κ1) is 8.79. The van der Waals surface area contributed by atoms with E-state index >= 15 is 0 Å². The summed E-state index contributed by atoms with van der Waals surface area (Å²) in [5, 5.41) is 8.49. The van der Waals surface area contributed by atoms with E-state index in [2.05, 4.69) is 18.0 Å². The fraction of sp³-hybridized carbons (Fsp3) is 0.556. The molecule has 0 atom stereocenters. The molecule has 0 bridgehead atoms. The molecule has 0 unspecified atom stereocenters. The van der Waals surface area contributed by atoms with Crippen LogP contribution < -0.4 is 0 Å². The van der Waals surface area contributed by atoms with E-state index in [-0.39, 0.29) is 0 Å². The molecule has 1 rings (SSSR count). The van der Waals surface area contributed by atoms with Crippen LogP contribution in [0, 0.1) is 11.3 Å². The molecule has 64 valence electrons. The van der Waals surface area contributed by atoms with Crippen molar-refractivity contribution in [1.29, 1.82) is 5.26 Å². The van der Waals surface area contributed by atoms with Crippen LogP contribution in [0.4, 0.5) is 0 Å². The molecule has 0 saturated carbocycles. The molecular weight excluding hydrogens is 150 g/mol. The summed E-state index contributed by atoms with van der Waals surface area (Å²) in [6.07, 6.45) is 4.32. The monoisotopic (exact) mass is 163 g/mol. The van der Waals surface area contributed by atoms with Gasteiger partial charge in [-0.3, -0.25) is 0 Å². The van der Waals surface area contributed by atoms with Crippen molar-refractivity contribution in [2.24, 2.45) is 7.05 Å². The van der Waals surface area contributed by atoms with Gasteiger partial charge in [0.25, 0.3) is 0 Å². The van der Waals surface area contributed by atoms with E-state index in [1.54, 1.807) is 6.20 Å². The third-order valence-corrected chi connectivity index (χ3v) is 1.91. The standard InChI is InChI=1S/C9H13N3/c1-3-4-9-11-7-8(5-6-10)12(9)2/h7H,3-5H2,1-2H3. The Labute approximate surface area is 72.7 Å². The van der Waals surface area contributed by atoms with Crippen LogP contribution in [0.25, 0.3) is 0 Å². The first-order chi connectivity index (χ1) is 5.79. The zero-order chi connectivity index (χ0) is 8.97. The Hall–Kier alpha value is -1.30. The van der Waals surface area contributed by atoms with Crippen molar-refractivity contribution < 1.29 is 0 Å². The third kappa shape index (κ3) is 1.65. The zero-order valence-electron chi connectivity index (χ0n) is 7.54. The molecule has 1 aromatic rings. The minimum absolute atomic E-state index is 0.452. The fourth-order valence-electron chi connectivity index (χ4n) is 1.19. The molecular formula is C9H13N3. The molecule has 0 N–H and O–H groups in total. The van der Waals surface area contributed by atoms with E-state index in [1.807, 2.05) is 11.6 Å². The Morgan fingerprint density at radius 1 is 1.67 bits per heavy atom. The second kappa shape index (κ2) is 3.91. The maximum atomic E-state index is 8.49. The van der Waals surface area contributed by atoms with Gasteiger partial charge < -0.3 is 4.57 Å². The highest BCUT2D eigenvalue weighted by atomic mass is 15.1. The molecule has 1 heterocycles. The number of hydrogen-bond acceptors (Lipinski definition) is 2. The SMILES string of the molecule is CCCc1ncc(CC#N)n1C. The summed E-state index contributed by atoms with van der Waals surface area (Å²) in [7, 11) is 1.96. The molecule has 0 aliphatic heterocycles. The Kier molecular flexibility index (Phi) is 2.87. The first-order valence-electron chi connectivity index (χ1n) is 4.16. The lowest BCUT2D eigenvalue weighted by molar-refractivity contribution is 0.738. The number of rotatable bonds is 3. The average Bonchev–Trinajstić information content (AvgIpc) is 2.38. The van der Waals surface area contributed by atoms with Gasteiger partial charge in [0.1, 0.15) is 5.82 Å². The van der Waals surface area contributed by atoms with Crippen molar-refractivity contribution in [3.63, 3.8) is 0 Å². The average molecular weight is 163 g/mol. The van der Waals surface area contributed by atoms with Crippen LogP contribution in [-0.4, -0.2) is 9.55 Å². The van der Waals surface area contributed by atoms with Crippen molar-refractivity contribution in [2.45, 2.75) is 26.2 Å². The second-order valence-electron chi connectivity index (χ2n) is 2.81. The van der Waals surface area contributed by atoms with Gasteiger partial charge in [0.2, 0.25) is 0 Å². The van der Waals surface area contributed by atoms with Gasteiger partial charge in [0.15, 0.2) is 0 Å². The molecule has 0 aromatic carbocycles. The highest BCUT2D eigenvalue weighted by Crippen LogP contribution is 2.05. The molecule has 3 nitrogen and oxygen atoms in total. The summed E-state index contributed by atoms with van der Waals surface area (Å²) in [4.78, 5) is 4.24. The molecule has 0 radical (unpaired) electrons. The van der Waals surface area contributed by atoms with Gasteiger partial charge in [-0.25, -0.2) is 4.98 Å². The van der Waals surface area contributed by atoms with Crippen LogP contribution in [0.3, 0.4) is 0 Å². The molecule has 0 aliphatic rings. The quantitative estimate of drug-likeness (QED) is 0.676. The van der Waals surface area contributed by atoms with Crippen LogP contribution in [0.1, 0.15) is 24.9 Å². The molecule has 3 heteroatoms. The zero-order valence-corrected chi connectivity index (χ0v) is 7.54. The van der Waals surface area contributed by atoms with Crippen LogP contribution in [0.2, 0.25) is 0 Å². The molecule has 1 aromatic heterocycles. The lowest BCUT2D eigenvalue weighted by Gasteiger charge is -2.00. The molecule has 0 amide bonds. The highest BCUT2D eigenvalue weighted by Gasteiger charge is 2.03. The first-order valence-corrected chi connectivity index (χ1v) is 4.16. The van der Waals surface area contributed by atoms with E-state index in [0.717, 1.165) is 24.4 Å². The largest absolute Gasteiger partial charge is 0.334 e. The van der Waals surface area contributed by atoms with Crippen LogP contribution in [0.15, 0.2) is 6.20 Å². The number of nitrogens with zero attached hydrogens (tertiary/aromatic N) is 3. The van der Waals surface area contributed by atoms with Crippen LogP contribution in [-0.2, 0) is 19.9 Å². The summed E-state index contributed by atoms with van der Waals surface area (Å²) in [6, 6.07) is 2.12. The van der Waals surface area contributed by atoms with E-state index in [9.17, 15) is 0 Å². The second-order valence-corrected chi connectivity index (χ2v) is 2.81. The van der Waals surface area contributed by atoms with Gasteiger partial charge in [0.05, 0.1) is 18.2 Å². The van der Waals surface area contributed by atoms with Crippen LogP contribution in [0.5, 0.6) is 0 Å². The summed E-state index contributed by atoms with van der Waals surface area (Å²) in [6.45, 7) is 2.12. The Bertz CT molecular complexity index is 293. The molecule has 0 spiro atoms. The van der Waals surface area contributed by atoms with Crippen molar-refractivity contribution in [2.75, 3.05) is 0 Å². The van der Waals surface area contributed by atoms with Crippen molar-refractivity contribution >= 4 is 0 Å². The summed E-state index contributed by atoms with van der Waals surface area (Å²) in [5.74, 6) is 1.07. The summed E-state index contributed by atoms with van der Waals surface area (Å²) >= 11 is 0. The van der Waals surface area contributed by atoms with Gasteiger partial charge in [-0.1, -0.05) is 6.92 Å². The predicted octanol–water partition coefficient (Wildman–Crippen LogP) is 1.44. The smallest absolute Gasteiger partial charge is 0.108 e. The summed E-state index contributed by atoms with van der Waals surface area (Å²) < 4.78 is 2.01. The number of aryl methyl sites for hydroxylation is 1. The molecule has 0 fully saturated rings. The normalized spacial score (nSPS) is 9.75. The van der Waals surface area contributed by atoms with Gasteiger partial charge in [-0.15, -0.1) is 0 Å². The van der Waals surface area contributed by atoms with Crippen molar-refractivity contribution in [3.8, 4) is 6.07 Å². The summed E-state index contributed by atoms with van der Waals surface area (Å²) in [5.41, 5.74) is 1.00. The number of aromatic nitrogens is 2. The third-order valence-electron chi connectivity index (χ3n) is 1.91. The fourth-order valence-corrected chi connectivity index (χ4v) is 1.19. The lowest BCUT2D eigenvalue weighted by atomic mass is 10.3. The molecule has 12 heavy (non-hydrogen) atoms. The Morgan fingerprint density at radius 2 is 2.42 bits per heavy atom. The van der Waals surface area contributed by atoms with Gasteiger partial charge in [-0.2, -0.15) is 5.26 Å². The number of nitriles is 1. The van der Waals surface area contributed by atoms with Gasteiger partial charge in [0, 0.05) is 19.7 Å². The number of imidazole rings is 1. The van der Waals surface area contributed by atoms with E-state index < -0.39 is 0 Å². The lowest BCUT2D eigenvalue weighted by Crippen LogP contribution is -2.00. The Morgan fingerprint density at radius 3 is 3.00 bits per heavy atom. The van der Waals surface area contributed by atoms with Gasteiger partial charge in [-0.05, 0) is 6.42 Å². The maximum absolute atomic E-state index is 8.49. The van der Waals surface area contributed by atoms with Crippen molar-refractivity contribution in [1.82, 2.24) is 9.55 Å². The topological polar surface area (TPSA) is 41.6 Å². The predicted molar refractivity (Wildman–Crippen MR) is 46.5 cm³/mol. The van der Waals surface area contributed by atoms with Gasteiger partial charge >= 0.3 is 0 Å². The minimum atomic E-state index is 0.452.